The van der Waals surface area contributed by atoms with Crippen LogP contribution in [0.25, 0.3) is 10.8 Å². The van der Waals surface area contributed by atoms with Crippen LogP contribution in [0.4, 0.5) is 5.69 Å². The summed E-state index contributed by atoms with van der Waals surface area (Å²) in [5, 5.41) is 5.39. The summed E-state index contributed by atoms with van der Waals surface area (Å²) >= 11 is 0. The Labute approximate surface area is 171 Å². The number of H-pyrrole nitrogens is 1. The molecule has 30 heavy (non-hydrogen) atoms. The van der Waals surface area contributed by atoms with Crippen LogP contribution in [-0.2, 0) is 20.9 Å². The lowest BCUT2D eigenvalue weighted by Crippen LogP contribution is -2.35. The normalized spacial score (nSPS) is 11.7. The smallest absolute Gasteiger partial charge is 0.328 e. The van der Waals surface area contributed by atoms with E-state index in [2.05, 4.69) is 10.4 Å². The highest BCUT2D eigenvalue weighted by atomic mass is 16.5. The molecule has 0 bridgehead atoms. The summed E-state index contributed by atoms with van der Waals surface area (Å²) in [6, 6.07) is 13.0. The lowest BCUT2D eigenvalue weighted by atomic mass is 10.2. The van der Waals surface area contributed by atoms with Gasteiger partial charge in [-0.05, 0) is 50.2 Å². The van der Waals surface area contributed by atoms with Gasteiger partial charge in [0.05, 0.1) is 17.4 Å². The van der Waals surface area contributed by atoms with Gasteiger partial charge in [0.25, 0.3) is 17.0 Å². The largest absolute Gasteiger partial charge is 0.494 e. The number of hydrogen-bond donors (Lipinski definition) is 2. The first-order valence-corrected chi connectivity index (χ1v) is 9.34. The Bertz CT molecular complexity index is 1180. The van der Waals surface area contributed by atoms with Gasteiger partial charge in [-0.25, -0.2) is 4.68 Å². The summed E-state index contributed by atoms with van der Waals surface area (Å²) in [5.74, 6) is -0.700. The summed E-state index contributed by atoms with van der Waals surface area (Å²) in [6.45, 7) is 3.28. The van der Waals surface area contributed by atoms with Gasteiger partial charge in [-0.3, -0.25) is 24.3 Å². The lowest BCUT2D eigenvalue weighted by Gasteiger charge is -2.14. The lowest BCUT2D eigenvalue weighted by molar-refractivity contribution is -0.154. The number of anilines is 1. The number of fused-ring (bicyclic) bond motifs is 1. The van der Waals surface area contributed by atoms with Crippen LogP contribution in [0.5, 0.6) is 5.75 Å². The summed E-state index contributed by atoms with van der Waals surface area (Å²) in [5.41, 5.74) is -0.519. The molecule has 1 atom stereocenters. The molecule has 3 aromatic rings. The van der Waals surface area contributed by atoms with Crippen molar-refractivity contribution < 1.29 is 19.1 Å². The van der Waals surface area contributed by atoms with Crippen LogP contribution in [0.15, 0.2) is 58.1 Å². The first kappa shape index (κ1) is 20.8. The minimum atomic E-state index is -1.10. The number of aromatic amines is 1. The fourth-order valence-electron chi connectivity index (χ4n) is 2.82. The molecular weight excluding hydrogens is 390 g/mol. The zero-order valence-electron chi connectivity index (χ0n) is 16.5. The maximum atomic E-state index is 12.4. The number of carbonyl (C=O) groups excluding carboxylic acids is 2. The molecule has 2 N–H and O–H groups in total. The maximum Gasteiger partial charge on any atom is 0.328 e. The molecule has 0 unspecified atom stereocenters. The molecule has 0 fully saturated rings. The van der Waals surface area contributed by atoms with Crippen molar-refractivity contribution in [1.29, 1.82) is 0 Å². The van der Waals surface area contributed by atoms with Gasteiger partial charge in [-0.15, -0.1) is 0 Å². The SMILES string of the molecule is CCOc1ccc(NC(=O)[C@@H](C)OC(=O)Cn2[nH]c(=O)c3ccccc3c2=O)cc1. The van der Waals surface area contributed by atoms with E-state index in [-0.39, 0.29) is 10.8 Å². The first-order valence-electron chi connectivity index (χ1n) is 9.34. The van der Waals surface area contributed by atoms with Crippen LogP contribution in [0.3, 0.4) is 0 Å². The molecule has 0 spiro atoms. The van der Waals surface area contributed by atoms with Gasteiger partial charge in [-0.2, -0.15) is 0 Å². The topological polar surface area (TPSA) is 119 Å². The number of esters is 1. The van der Waals surface area contributed by atoms with E-state index in [4.69, 9.17) is 9.47 Å². The van der Waals surface area contributed by atoms with E-state index >= 15 is 0 Å². The molecule has 2 aromatic carbocycles. The number of amides is 1. The van der Waals surface area contributed by atoms with Gasteiger partial charge < -0.3 is 14.8 Å². The Hall–Kier alpha value is -3.88. The third-order valence-corrected chi connectivity index (χ3v) is 4.28. The molecular formula is C21H21N3O6. The highest BCUT2D eigenvalue weighted by molar-refractivity contribution is 5.95. The maximum absolute atomic E-state index is 12.4. The van der Waals surface area contributed by atoms with E-state index < -0.39 is 35.6 Å². The zero-order valence-corrected chi connectivity index (χ0v) is 16.5. The van der Waals surface area contributed by atoms with Gasteiger partial charge in [0.1, 0.15) is 12.3 Å². The van der Waals surface area contributed by atoms with Crippen molar-refractivity contribution in [1.82, 2.24) is 9.78 Å². The predicted octanol–water partition coefficient (Wildman–Crippen LogP) is 1.66. The molecule has 0 saturated heterocycles. The number of ether oxygens (including phenoxy) is 2. The number of nitrogens with one attached hydrogen (secondary N) is 2. The predicted molar refractivity (Wildman–Crippen MR) is 111 cm³/mol. The average molecular weight is 411 g/mol. The highest BCUT2D eigenvalue weighted by Gasteiger charge is 2.19. The van der Waals surface area contributed by atoms with Gasteiger partial charge >= 0.3 is 5.97 Å². The molecule has 1 amide bonds. The van der Waals surface area contributed by atoms with Crippen molar-refractivity contribution in [2.75, 3.05) is 11.9 Å². The van der Waals surface area contributed by atoms with Crippen molar-refractivity contribution in [2.45, 2.75) is 26.5 Å². The number of benzene rings is 2. The molecule has 0 aliphatic rings. The van der Waals surface area contributed by atoms with Gasteiger partial charge in [0.2, 0.25) is 0 Å². The second-order valence-corrected chi connectivity index (χ2v) is 6.46. The summed E-state index contributed by atoms with van der Waals surface area (Å²) < 4.78 is 11.3. The Morgan fingerprint density at radius 3 is 2.40 bits per heavy atom. The number of aromatic nitrogens is 2. The van der Waals surface area contributed by atoms with Crippen LogP contribution in [-0.4, -0.2) is 34.4 Å². The minimum absolute atomic E-state index is 0.190. The molecule has 9 heteroatoms. The van der Waals surface area contributed by atoms with E-state index in [0.717, 1.165) is 4.68 Å². The molecule has 9 nitrogen and oxygen atoms in total. The molecule has 1 aromatic heterocycles. The fourth-order valence-corrected chi connectivity index (χ4v) is 2.82. The van der Waals surface area contributed by atoms with Gasteiger partial charge in [0, 0.05) is 5.69 Å². The molecule has 0 saturated carbocycles. The van der Waals surface area contributed by atoms with E-state index in [1.54, 1.807) is 36.4 Å². The zero-order chi connectivity index (χ0) is 21.7. The van der Waals surface area contributed by atoms with E-state index in [9.17, 15) is 19.2 Å². The number of rotatable bonds is 7. The monoisotopic (exact) mass is 411 g/mol. The van der Waals surface area contributed by atoms with Gasteiger partial charge in [0.15, 0.2) is 6.10 Å². The van der Waals surface area contributed by atoms with Gasteiger partial charge in [-0.1, -0.05) is 12.1 Å². The molecule has 0 radical (unpaired) electrons. The van der Waals surface area contributed by atoms with Crippen molar-refractivity contribution in [3.8, 4) is 5.75 Å². The standard InChI is InChI=1S/C21H21N3O6/c1-3-29-15-10-8-14(9-11-15)22-19(26)13(2)30-18(25)12-24-21(28)17-7-5-4-6-16(17)20(27)23-24/h4-11,13H,3,12H2,1-2H3,(H,22,26)(H,23,27)/t13-/m1/s1. The quantitative estimate of drug-likeness (QED) is 0.571. The van der Waals surface area contributed by atoms with Crippen LogP contribution in [0.2, 0.25) is 0 Å². The highest BCUT2D eigenvalue weighted by Crippen LogP contribution is 2.16. The van der Waals surface area contributed by atoms with Crippen molar-refractivity contribution >= 4 is 28.3 Å². The van der Waals surface area contributed by atoms with E-state index in [1.165, 1.54) is 19.1 Å². The molecule has 0 aliphatic carbocycles. The van der Waals surface area contributed by atoms with Crippen molar-refractivity contribution in [2.24, 2.45) is 0 Å². The van der Waals surface area contributed by atoms with Crippen LogP contribution in [0.1, 0.15) is 13.8 Å². The van der Waals surface area contributed by atoms with Crippen molar-refractivity contribution in [3.05, 3.63) is 69.2 Å². The summed E-state index contributed by atoms with van der Waals surface area (Å²) in [7, 11) is 0. The first-order chi connectivity index (χ1) is 14.4. The summed E-state index contributed by atoms with van der Waals surface area (Å²) in [4.78, 5) is 49.0. The third kappa shape index (κ3) is 4.75. The second-order valence-electron chi connectivity index (χ2n) is 6.46. The fraction of sp³-hybridized carbons (Fsp3) is 0.238. The molecule has 0 aliphatic heterocycles. The van der Waals surface area contributed by atoms with Crippen LogP contribution in [0, 0.1) is 0 Å². The Balaban J connectivity index is 1.63. The number of carbonyl (C=O) groups is 2. The van der Waals surface area contributed by atoms with E-state index in [1.807, 2.05) is 6.92 Å². The minimum Gasteiger partial charge on any atom is -0.494 e. The van der Waals surface area contributed by atoms with Crippen molar-refractivity contribution in [3.63, 3.8) is 0 Å². The Kier molecular flexibility index (Phi) is 6.31. The van der Waals surface area contributed by atoms with Crippen LogP contribution < -0.4 is 21.2 Å². The molecule has 156 valence electrons. The third-order valence-electron chi connectivity index (χ3n) is 4.28. The van der Waals surface area contributed by atoms with E-state index in [0.29, 0.717) is 18.0 Å². The average Bonchev–Trinajstić information content (AvgIpc) is 2.73. The number of nitrogens with zero attached hydrogens (tertiary/aromatic N) is 1. The second kappa shape index (κ2) is 9.08. The Morgan fingerprint density at radius 2 is 1.73 bits per heavy atom. The summed E-state index contributed by atoms with van der Waals surface area (Å²) in [6.07, 6.45) is -1.10. The molecule has 1 heterocycles. The number of hydrogen-bond acceptors (Lipinski definition) is 6. The van der Waals surface area contributed by atoms with Crippen LogP contribution >= 0.6 is 0 Å². The Morgan fingerprint density at radius 1 is 1.07 bits per heavy atom. The molecule has 3 rings (SSSR count).